The number of carbonyl (C=O) groups excluding carboxylic acids is 1. The van der Waals surface area contributed by atoms with E-state index >= 15 is 0 Å². The highest BCUT2D eigenvalue weighted by atomic mass is 35.5. The molecule has 0 spiro atoms. The third kappa shape index (κ3) is 3.33. The number of hydrogen-bond acceptors (Lipinski definition) is 3. The molecular formula is C9H17ClN2O3S. The number of halogens is 1. The van der Waals surface area contributed by atoms with Crippen molar-refractivity contribution in [3.8, 4) is 0 Å². The summed E-state index contributed by atoms with van der Waals surface area (Å²) >= 11 is 5.85. The van der Waals surface area contributed by atoms with E-state index in [2.05, 4.69) is 0 Å². The highest BCUT2D eigenvalue weighted by Gasteiger charge is 2.28. The third-order valence-corrected chi connectivity index (χ3v) is 4.44. The molecule has 1 unspecified atom stereocenters. The van der Waals surface area contributed by atoms with Crippen LogP contribution in [0.4, 0.5) is 0 Å². The second-order valence-electron chi connectivity index (χ2n) is 3.86. The van der Waals surface area contributed by atoms with Crippen LogP contribution in [0.25, 0.3) is 0 Å². The third-order valence-electron chi connectivity index (χ3n) is 2.65. The maximum Gasteiger partial charge on any atom is 0.240 e. The molecule has 0 bridgehead atoms. The van der Waals surface area contributed by atoms with Gasteiger partial charge < -0.3 is 4.90 Å². The van der Waals surface area contributed by atoms with Gasteiger partial charge in [-0.05, 0) is 6.42 Å². The Bertz CT molecular complexity index is 350. The van der Waals surface area contributed by atoms with Gasteiger partial charge in [0.2, 0.25) is 15.9 Å². The molecule has 0 aliphatic carbocycles. The number of nitrogens with zero attached hydrogens (tertiary/aromatic N) is 2. The van der Waals surface area contributed by atoms with E-state index in [9.17, 15) is 13.2 Å². The highest BCUT2D eigenvalue weighted by Crippen LogP contribution is 2.11. The zero-order valence-electron chi connectivity index (χ0n) is 9.52. The summed E-state index contributed by atoms with van der Waals surface area (Å²) in [6, 6.07) is 0. The Hall–Kier alpha value is -0.330. The molecule has 94 valence electrons. The predicted molar refractivity (Wildman–Crippen MR) is 62.9 cm³/mol. The molecule has 1 aliphatic heterocycles. The first-order chi connectivity index (χ1) is 7.36. The molecule has 5 nitrogen and oxygen atoms in total. The zero-order chi connectivity index (χ0) is 12.3. The topological polar surface area (TPSA) is 57.7 Å². The summed E-state index contributed by atoms with van der Waals surface area (Å²) in [6.07, 6.45) is 1.77. The molecular weight excluding hydrogens is 252 g/mol. The van der Waals surface area contributed by atoms with Crippen molar-refractivity contribution >= 4 is 27.5 Å². The van der Waals surface area contributed by atoms with Crippen molar-refractivity contribution < 1.29 is 13.2 Å². The summed E-state index contributed by atoms with van der Waals surface area (Å²) in [5.74, 6) is -0.0997. The normalized spacial score (nSPS) is 20.8. The monoisotopic (exact) mass is 268 g/mol. The molecule has 16 heavy (non-hydrogen) atoms. The fraction of sp³-hybridized carbons (Fsp3) is 0.889. The van der Waals surface area contributed by atoms with Gasteiger partial charge in [-0.15, -0.1) is 11.6 Å². The van der Waals surface area contributed by atoms with E-state index in [-0.39, 0.29) is 5.91 Å². The van der Waals surface area contributed by atoms with Crippen LogP contribution in [0.5, 0.6) is 0 Å². The molecule has 0 aromatic carbocycles. The molecule has 1 heterocycles. The van der Waals surface area contributed by atoms with Gasteiger partial charge in [0, 0.05) is 26.2 Å². The number of piperazine rings is 1. The van der Waals surface area contributed by atoms with Crippen molar-refractivity contribution in [1.29, 1.82) is 0 Å². The number of hydrogen-bond donors (Lipinski definition) is 0. The Morgan fingerprint density at radius 2 is 1.81 bits per heavy atom. The van der Waals surface area contributed by atoms with Crippen LogP contribution in [0.15, 0.2) is 0 Å². The Kier molecular flexibility index (Phi) is 4.58. The average molecular weight is 269 g/mol. The summed E-state index contributed by atoms with van der Waals surface area (Å²) < 4.78 is 23.9. The Labute approximate surface area is 101 Å². The first-order valence-electron chi connectivity index (χ1n) is 5.24. The lowest BCUT2D eigenvalue weighted by molar-refractivity contribution is -0.132. The van der Waals surface area contributed by atoms with Gasteiger partial charge in [-0.25, -0.2) is 8.42 Å². The molecule has 1 amide bonds. The molecule has 0 saturated carbocycles. The lowest BCUT2D eigenvalue weighted by Gasteiger charge is -2.34. The Morgan fingerprint density at radius 3 is 2.19 bits per heavy atom. The SMILES string of the molecule is CCC(Cl)C(=O)N1CCN(S(C)(=O)=O)CC1. The lowest BCUT2D eigenvalue weighted by Crippen LogP contribution is -2.51. The molecule has 1 atom stereocenters. The van der Waals surface area contributed by atoms with Gasteiger partial charge >= 0.3 is 0 Å². The summed E-state index contributed by atoms with van der Waals surface area (Å²) in [5, 5.41) is -0.496. The molecule has 0 radical (unpaired) electrons. The van der Waals surface area contributed by atoms with Crippen LogP contribution in [0.2, 0.25) is 0 Å². The number of alkyl halides is 1. The maximum absolute atomic E-state index is 11.7. The van der Waals surface area contributed by atoms with Gasteiger partial charge in [-0.3, -0.25) is 4.79 Å². The van der Waals surface area contributed by atoms with E-state index in [0.29, 0.717) is 32.6 Å². The van der Waals surface area contributed by atoms with Crippen LogP contribution in [0, 0.1) is 0 Å². The van der Waals surface area contributed by atoms with Crippen molar-refractivity contribution in [3.63, 3.8) is 0 Å². The van der Waals surface area contributed by atoms with Gasteiger partial charge in [-0.2, -0.15) is 4.31 Å². The van der Waals surface area contributed by atoms with E-state index in [0.717, 1.165) is 0 Å². The van der Waals surface area contributed by atoms with Crippen LogP contribution in [-0.4, -0.2) is 61.3 Å². The van der Waals surface area contributed by atoms with E-state index in [1.165, 1.54) is 10.6 Å². The van der Waals surface area contributed by atoms with Crippen molar-refractivity contribution in [3.05, 3.63) is 0 Å². The standard InChI is InChI=1S/C9H17ClN2O3S/c1-3-8(10)9(13)11-4-6-12(7-5-11)16(2,14)15/h8H,3-7H2,1-2H3. The minimum Gasteiger partial charge on any atom is -0.339 e. The molecule has 1 rings (SSSR count). The smallest absolute Gasteiger partial charge is 0.240 e. The van der Waals surface area contributed by atoms with Gasteiger partial charge in [0.05, 0.1) is 6.26 Å². The molecule has 0 N–H and O–H groups in total. The number of carbonyl (C=O) groups is 1. The van der Waals surface area contributed by atoms with Crippen LogP contribution < -0.4 is 0 Å². The first kappa shape index (κ1) is 13.7. The predicted octanol–water partition coefficient (Wildman–Crippen LogP) is 0.108. The number of amides is 1. The maximum atomic E-state index is 11.7. The van der Waals surface area contributed by atoms with E-state index in [1.807, 2.05) is 6.92 Å². The summed E-state index contributed by atoms with van der Waals surface area (Å²) in [5.41, 5.74) is 0. The molecule has 1 fully saturated rings. The van der Waals surface area contributed by atoms with E-state index in [4.69, 9.17) is 11.6 Å². The zero-order valence-corrected chi connectivity index (χ0v) is 11.1. The molecule has 1 aliphatic rings. The first-order valence-corrected chi connectivity index (χ1v) is 7.52. The van der Waals surface area contributed by atoms with E-state index in [1.54, 1.807) is 4.90 Å². The van der Waals surface area contributed by atoms with Crippen molar-refractivity contribution in [2.75, 3.05) is 32.4 Å². The van der Waals surface area contributed by atoms with Crippen LogP contribution in [0.3, 0.4) is 0 Å². The van der Waals surface area contributed by atoms with Crippen molar-refractivity contribution in [1.82, 2.24) is 9.21 Å². The lowest BCUT2D eigenvalue weighted by atomic mass is 10.2. The van der Waals surface area contributed by atoms with Gasteiger partial charge in [0.15, 0.2) is 0 Å². The number of rotatable bonds is 3. The second-order valence-corrected chi connectivity index (χ2v) is 6.37. The molecule has 1 saturated heterocycles. The summed E-state index contributed by atoms with van der Waals surface area (Å²) in [4.78, 5) is 13.3. The summed E-state index contributed by atoms with van der Waals surface area (Å²) in [6.45, 7) is 3.42. The average Bonchev–Trinajstić information content (AvgIpc) is 2.26. The van der Waals surface area contributed by atoms with Gasteiger partial charge in [-0.1, -0.05) is 6.92 Å². The number of sulfonamides is 1. The molecule has 7 heteroatoms. The van der Waals surface area contributed by atoms with Gasteiger partial charge in [0.25, 0.3) is 0 Å². The minimum absolute atomic E-state index is 0.0997. The highest BCUT2D eigenvalue weighted by molar-refractivity contribution is 7.88. The fourth-order valence-electron chi connectivity index (χ4n) is 1.61. The van der Waals surface area contributed by atoms with Crippen LogP contribution in [0.1, 0.15) is 13.3 Å². The second kappa shape index (κ2) is 5.33. The Morgan fingerprint density at radius 1 is 1.31 bits per heavy atom. The molecule has 0 aromatic rings. The van der Waals surface area contributed by atoms with Crippen LogP contribution in [-0.2, 0) is 14.8 Å². The van der Waals surface area contributed by atoms with Crippen molar-refractivity contribution in [2.45, 2.75) is 18.7 Å². The largest absolute Gasteiger partial charge is 0.339 e. The quantitative estimate of drug-likeness (QED) is 0.683. The summed E-state index contributed by atoms with van der Waals surface area (Å²) in [7, 11) is -3.14. The Balaban J connectivity index is 2.53. The van der Waals surface area contributed by atoms with Crippen molar-refractivity contribution in [2.24, 2.45) is 0 Å². The minimum atomic E-state index is -3.14. The van der Waals surface area contributed by atoms with E-state index < -0.39 is 15.4 Å². The molecule has 0 aromatic heterocycles. The van der Waals surface area contributed by atoms with Crippen LogP contribution >= 0.6 is 11.6 Å². The fourth-order valence-corrected chi connectivity index (χ4v) is 2.58. The van der Waals surface area contributed by atoms with Gasteiger partial charge in [0.1, 0.15) is 5.38 Å².